The Labute approximate surface area is 143 Å². The predicted octanol–water partition coefficient (Wildman–Crippen LogP) is 3.69. The Morgan fingerprint density at radius 1 is 1.12 bits per heavy atom. The van der Waals surface area contributed by atoms with Gasteiger partial charge in [-0.05, 0) is 41.5 Å². The molecule has 2 heterocycles. The minimum atomic E-state index is -0.180. The Hall–Kier alpha value is -2.07. The van der Waals surface area contributed by atoms with Crippen molar-refractivity contribution in [3.8, 4) is 0 Å². The maximum Gasteiger partial charge on any atom is 0.287 e. The number of furan rings is 1. The fraction of sp³-hybridized carbons (Fsp3) is 0.450. The molecule has 0 bridgehead atoms. The van der Waals surface area contributed by atoms with E-state index in [0.717, 1.165) is 23.9 Å². The van der Waals surface area contributed by atoms with Crippen LogP contribution in [-0.2, 0) is 13.1 Å². The first-order valence-corrected chi connectivity index (χ1v) is 8.72. The maximum absolute atomic E-state index is 11.9. The van der Waals surface area contributed by atoms with Crippen LogP contribution in [0.2, 0.25) is 0 Å². The first-order valence-electron chi connectivity index (χ1n) is 8.72. The fourth-order valence-corrected chi connectivity index (χ4v) is 3.62. The lowest BCUT2D eigenvalue weighted by molar-refractivity contribution is 0.0923. The predicted molar refractivity (Wildman–Crippen MR) is 94.5 cm³/mol. The molecule has 1 saturated heterocycles. The maximum atomic E-state index is 11.9. The zero-order valence-electron chi connectivity index (χ0n) is 14.5. The van der Waals surface area contributed by atoms with Crippen LogP contribution in [0.1, 0.15) is 41.9 Å². The summed E-state index contributed by atoms with van der Waals surface area (Å²) in [5, 5.41) is 2.87. The minimum Gasteiger partial charge on any atom is -0.459 e. The van der Waals surface area contributed by atoms with Crippen LogP contribution in [0.3, 0.4) is 0 Å². The van der Waals surface area contributed by atoms with Gasteiger partial charge in [0.2, 0.25) is 0 Å². The number of carbonyl (C=O) groups excluding carboxylic acids is 1. The van der Waals surface area contributed by atoms with Gasteiger partial charge in [0, 0.05) is 26.2 Å². The van der Waals surface area contributed by atoms with Crippen molar-refractivity contribution in [1.29, 1.82) is 0 Å². The van der Waals surface area contributed by atoms with E-state index in [1.54, 1.807) is 12.1 Å². The molecular formula is C20H26N2O2. The third-order valence-corrected chi connectivity index (χ3v) is 4.57. The Morgan fingerprint density at radius 3 is 2.42 bits per heavy atom. The van der Waals surface area contributed by atoms with Crippen molar-refractivity contribution in [1.82, 2.24) is 10.2 Å². The first kappa shape index (κ1) is 16.8. The molecule has 2 aromatic rings. The van der Waals surface area contributed by atoms with Gasteiger partial charge < -0.3 is 9.73 Å². The van der Waals surface area contributed by atoms with Crippen molar-refractivity contribution in [2.45, 2.75) is 33.4 Å². The smallest absolute Gasteiger partial charge is 0.287 e. The zero-order chi connectivity index (χ0) is 16.9. The molecule has 3 rings (SSSR count). The molecule has 1 aliphatic heterocycles. The second-order valence-electron chi connectivity index (χ2n) is 7.12. The summed E-state index contributed by atoms with van der Waals surface area (Å²) in [5.74, 6) is 1.73. The molecule has 2 atom stereocenters. The normalized spacial score (nSPS) is 21.6. The minimum absolute atomic E-state index is 0.180. The SMILES string of the molecule is C[C@@H]1C[C@H](C)CN(Cc2ccc(CNC(=O)c3ccco3)cc2)C1. The van der Waals surface area contributed by atoms with Crippen LogP contribution in [-0.4, -0.2) is 23.9 Å². The quantitative estimate of drug-likeness (QED) is 0.911. The number of benzene rings is 1. The van der Waals surface area contributed by atoms with Crippen LogP contribution in [0, 0.1) is 11.8 Å². The number of nitrogens with one attached hydrogen (secondary N) is 1. The van der Waals surface area contributed by atoms with Gasteiger partial charge >= 0.3 is 0 Å². The van der Waals surface area contributed by atoms with E-state index in [1.807, 2.05) is 0 Å². The van der Waals surface area contributed by atoms with Gasteiger partial charge in [-0.1, -0.05) is 38.1 Å². The average Bonchev–Trinajstić information content (AvgIpc) is 3.07. The van der Waals surface area contributed by atoms with Crippen molar-refractivity contribution in [3.05, 3.63) is 59.5 Å². The van der Waals surface area contributed by atoms with E-state index >= 15 is 0 Å². The van der Waals surface area contributed by atoms with Crippen LogP contribution < -0.4 is 5.32 Å². The highest BCUT2D eigenvalue weighted by Gasteiger charge is 2.21. The molecule has 1 aliphatic rings. The summed E-state index contributed by atoms with van der Waals surface area (Å²) >= 11 is 0. The van der Waals surface area contributed by atoms with Crippen LogP contribution in [0.4, 0.5) is 0 Å². The van der Waals surface area contributed by atoms with Gasteiger partial charge in [0.05, 0.1) is 6.26 Å². The Balaban J connectivity index is 1.51. The lowest BCUT2D eigenvalue weighted by Gasteiger charge is -2.35. The van der Waals surface area contributed by atoms with Crippen LogP contribution in [0.15, 0.2) is 47.1 Å². The van der Waals surface area contributed by atoms with Gasteiger partial charge in [-0.25, -0.2) is 0 Å². The number of piperidine rings is 1. The fourth-order valence-electron chi connectivity index (χ4n) is 3.62. The van der Waals surface area contributed by atoms with Gasteiger partial charge in [0.25, 0.3) is 5.91 Å². The molecule has 1 fully saturated rings. The molecule has 1 amide bonds. The average molecular weight is 326 g/mol. The molecule has 0 unspecified atom stereocenters. The summed E-state index contributed by atoms with van der Waals surface area (Å²) < 4.78 is 5.09. The van der Waals surface area contributed by atoms with E-state index in [2.05, 4.69) is 48.3 Å². The van der Waals surface area contributed by atoms with Gasteiger partial charge in [-0.15, -0.1) is 0 Å². The van der Waals surface area contributed by atoms with Crippen molar-refractivity contribution in [2.24, 2.45) is 11.8 Å². The standard InChI is InChI=1S/C20H26N2O2/c1-15-10-16(2)13-22(12-15)14-18-7-5-17(6-8-18)11-21-20(23)19-4-3-9-24-19/h3-9,15-16H,10-14H2,1-2H3,(H,21,23)/t15-,16+. The molecule has 128 valence electrons. The largest absolute Gasteiger partial charge is 0.459 e. The monoisotopic (exact) mass is 326 g/mol. The zero-order valence-corrected chi connectivity index (χ0v) is 14.5. The highest BCUT2D eigenvalue weighted by molar-refractivity contribution is 5.91. The molecule has 0 aliphatic carbocycles. The highest BCUT2D eigenvalue weighted by Crippen LogP contribution is 2.22. The third kappa shape index (κ3) is 4.48. The second kappa shape index (κ2) is 7.67. The first-order chi connectivity index (χ1) is 11.6. The van der Waals surface area contributed by atoms with Crippen molar-refractivity contribution in [2.75, 3.05) is 13.1 Å². The van der Waals surface area contributed by atoms with E-state index in [4.69, 9.17) is 4.42 Å². The van der Waals surface area contributed by atoms with Crippen molar-refractivity contribution < 1.29 is 9.21 Å². The lowest BCUT2D eigenvalue weighted by Crippen LogP contribution is -2.38. The summed E-state index contributed by atoms with van der Waals surface area (Å²) in [5.41, 5.74) is 2.43. The van der Waals surface area contributed by atoms with E-state index in [-0.39, 0.29) is 5.91 Å². The summed E-state index contributed by atoms with van der Waals surface area (Å²) in [6.45, 7) is 8.57. The molecule has 4 nitrogen and oxygen atoms in total. The number of carbonyl (C=O) groups is 1. The van der Waals surface area contributed by atoms with Crippen LogP contribution in [0.5, 0.6) is 0 Å². The second-order valence-corrected chi connectivity index (χ2v) is 7.12. The molecule has 24 heavy (non-hydrogen) atoms. The Morgan fingerprint density at radius 2 is 1.79 bits per heavy atom. The van der Waals surface area contributed by atoms with Crippen LogP contribution in [0.25, 0.3) is 0 Å². The van der Waals surface area contributed by atoms with E-state index in [1.165, 1.54) is 31.3 Å². The van der Waals surface area contributed by atoms with Gasteiger partial charge in [0.1, 0.15) is 0 Å². The molecule has 1 aromatic heterocycles. The van der Waals surface area contributed by atoms with E-state index in [9.17, 15) is 4.79 Å². The molecule has 0 spiro atoms. The molecule has 0 saturated carbocycles. The Kier molecular flexibility index (Phi) is 5.36. The number of hydrogen-bond acceptors (Lipinski definition) is 3. The summed E-state index contributed by atoms with van der Waals surface area (Å²) in [6.07, 6.45) is 2.84. The van der Waals surface area contributed by atoms with Gasteiger partial charge in [-0.2, -0.15) is 0 Å². The Bertz CT molecular complexity index is 639. The van der Waals surface area contributed by atoms with E-state index < -0.39 is 0 Å². The topological polar surface area (TPSA) is 45.5 Å². The summed E-state index contributed by atoms with van der Waals surface area (Å²) in [4.78, 5) is 14.4. The lowest BCUT2D eigenvalue weighted by atomic mass is 9.91. The van der Waals surface area contributed by atoms with Crippen molar-refractivity contribution >= 4 is 5.91 Å². The molecule has 1 N–H and O–H groups in total. The summed E-state index contributed by atoms with van der Waals surface area (Å²) in [7, 11) is 0. The number of rotatable bonds is 5. The molecule has 0 radical (unpaired) electrons. The van der Waals surface area contributed by atoms with Gasteiger partial charge in [-0.3, -0.25) is 9.69 Å². The number of nitrogens with zero attached hydrogens (tertiary/aromatic N) is 1. The molecule has 1 aromatic carbocycles. The number of likely N-dealkylation sites (tertiary alicyclic amines) is 1. The van der Waals surface area contributed by atoms with Gasteiger partial charge in [0.15, 0.2) is 5.76 Å². The number of hydrogen-bond donors (Lipinski definition) is 1. The molecular weight excluding hydrogens is 300 g/mol. The van der Waals surface area contributed by atoms with Crippen molar-refractivity contribution in [3.63, 3.8) is 0 Å². The molecule has 4 heteroatoms. The summed E-state index contributed by atoms with van der Waals surface area (Å²) in [6, 6.07) is 11.9. The highest BCUT2D eigenvalue weighted by atomic mass is 16.3. The third-order valence-electron chi connectivity index (χ3n) is 4.57. The van der Waals surface area contributed by atoms with Crippen LogP contribution >= 0.6 is 0 Å². The van der Waals surface area contributed by atoms with E-state index in [0.29, 0.717) is 12.3 Å². The number of amides is 1.